The molecule has 0 unspecified atom stereocenters. The number of carbonyl (C=O) groups excluding carboxylic acids is 2. The molecule has 1 heterocycles. The van der Waals surface area contributed by atoms with E-state index in [0.717, 1.165) is 6.42 Å². The summed E-state index contributed by atoms with van der Waals surface area (Å²) < 4.78 is 52.2. The number of piperidine rings is 1. The Balaban J connectivity index is 2.42. The topological polar surface area (TPSA) is 69.1 Å². The normalized spacial score (nSPS) is 17.7. The van der Waals surface area contributed by atoms with Gasteiger partial charge >= 0.3 is 17.8 Å². The van der Waals surface area contributed by atoms with Crippen molar-refractivity contribution in [2.75, 3.05) is 26.8 Å². The predicted molar refractivity (Wildman–Crippen MR) is 90.4 cm³/mol. The number of esters is 1. The zero-order valence-electron chi connectivity index (χ0n) is 15.3. The maximum absolute atomic E-state index is 14.2. The highest BCUT2D eigenvalue weighted by Gasteiger charge is 2.70. The van der Waals surface area contributed by atoms with Gasteiger partial charge < -0.3 is 9.47 Å². The van der Waals surface area contributed by atoms with Crippen LogP contribution in [0.3, 0.4) is 0 Å². The number of halogens is 3. The van der Waals surface area contributed by atoms with Gasteiger partial charge in [0, 0.05) is 5.56 Å². The molecule has 1 aliphatic rings. The number of amides is 1. The molecule has 1 saturated heterocycles. The van der Waals surface area contributed by atoms with Crippen molar-refractivity contribution in [2.45, 2.75) is 38.0 Å². The highest BCUT2D eigenvalue weighted by molar-refractivity contribution is 5.98. The van der Waals surface area contributed by atoms with Gasteiger partial charge in [0.25, 0.3) is 5.91 Å². The quantitative estimate of drug-likeness (QED) is 0.720. The molecule has 2 N–H and O–H groups in total. The summed E-state index contributed by atoms with van der Waals surface area (Å²) in [4.78, 5) is 25.0. The number of hydrogen-bond donors (Lipinski definition) is 2. The monoisotopic (exact) mass is 389 g/mol. The Bertz CT molecular complexity index is 658. The van der Waals surface area contributed by atoms with Crippen LogP contribution in [0.25, 0.3) is 0 Å². The van der Waals surface area contributed by atoms with Gasteiger partial charge in [-0.3, -0.25) is 15.0 Å². The molecule has 0 spiro atoms. The zero-order valence-corrected chi connectivity index (χ0v) is 15.3. The van der Waals surface area contributed by atoms with Crippen molar-refractivity contribution in [3.8, 4) is 5.75 Å². The first-order valence-electron chi connectivity index (χ1n) is 8.82. The number of ether oxygens (including phenoxy) is 2. The Hall–Kier alpha value is -2.29. The van der Waals surface area contributed by atoms with Gasteiger partial charge in [-0.1, -0.05) is 0 Å². The number of quaternary nitrogens is 1. The van der Waals surface area contributed by atoms with Crippen molar-refractivity contribution < 1.29 is 37.1 Å². The van der Waals surface area contributed by atoms with E-state index in [1.54, 1.807) is 0 Å². The fourth-order valence-corrected chi connectivity index (χ4v) is 3.25. The Morgan fingerprint density at radius 2 is 1.70 bits per heavy atom. The maximum Gasteiger partial charge on any atom is 0.478 e. The van der Waals surface area contributed by atoms with Gasteiger partial charge in [-0.25, -0.2) is 4.79 Å². The number of methoxy groups -OCH3 is 1. The lowest BCUT2D eigenvalue weighted by Gasteiger charge is -2.41. The van der Waals surface area contributed by atoms with Gasteiger partial charge in [0.2, 0.25) is 0 Å². The molecule has 9 heteroatoms. The van der Waals surface area contributed by atoms with E-state index in [2.05, 4.69) is 0 Å². The Labute approximate surface area is 155 Å². The minimum absolute atomic E-state index is 0.00914. The molecular formula is C18H24F3N2O4+. The molecule has 0 saturated carbocycles. The van der Waals surface area contributed by atoms with Crippen LogP contribution < -0.4 is 15.0 Å². The molecular weight excluding hydrogens is 365 g/mol. The van der Waals surface area contributed by atoms with E-state index in [1.807, 2.05) is 5.32 Å². The minimum atomic E-state index is -5.02. The summed E-state index contributed by atoms with van der Waals surface area (Å²) in [5.41, 5.74) is -3.15. The van der Waals surface area contributed by atoms with Gasteiger partial charge in [0.05, 0.1) is 26.8 Å². The van der Waals surface area contributed by atoms with Crippen molar-refractivity contribution >= 4 is 11.9 Å². The third kappa shape index (κ3) is 4.35. The third-order valence-corrected chi connectivity index (χ3v) is 4.65. The lowest BCUT2D eigenvalue weighted by molar-refractivity contribution is -0.962. The molecule has 1 aromatic carbocycles. The largest absolute Gasteiger partial charge is 0.497 e. The second kappa shape index (κ2) is 8.60. The van der Waals surface area contributed by atoms with Crippen molar-refractivity contribution in [3.05, 3.63) is 29.8 Å². The van der Waals surface area contributed by atoms with Crippen molar-refractivity contribution in [1.82, 2.24) is 5.32 Å². The van der Waals surface area contributed by atoms with Crippen LogP contribution in [-0.2, 0) is 9.53 Å². The van der Waals surface area contributed by atoms with E-state index < -0.39 is 23.7 Å². The van der Waals surface area contributed by atoms with Crippen molar-refractivity contribution in [2.24, 2.45) is 0 Å². The number of rotatable bonds is 6. The van der Waals surface area contributed by atoms with Crippen LogP contribution in [0.5, 0.6) is 5.75 Å². The van der Waals surface area contributed by atoms with E-state index in [0.29, 0.717) is 18.6 Å². The molecule has 1 atom stereocenters. The molecule has 1 amide bonds. The smallest absolute Gasteiger partial charge is 0.478 e. The molecule has 1 fully saturated rings. The lowest BCUT2D eigenvalue weighted by Crippen LogP contribution is -3.26. The number of carbonyl (C=O) groups is 2. The van der Waals surface area contributed by atoms with Gasteiger partial charge in [0.15, 0.2) is 0 Å². The van der Waals surface area contributed by atoms with Gasteiger partial charge in [-0.15, -0.1) is 0 Å². The van der Waals surface area contributed by atoms with Crippen molar-refractivity contribution in [3.63, 3.8) is 0 Å². The number of nitrogens with one attached hydrogen (secondary N) is 2. The molecule has 150 valence electrons. The molecule has 1 aromatic rings. The van der Waals surface area contributed by atoms with E-state index in [-0.39, 0.29) is 30.2 Å². The summed E-state index contributed by atoms with van der Waals surface area (Å²) in [7, 11) is 1.43. The van der Waals surface area contributed by atoms with Crippen molar-refractivity contribution in [1.29, 1.82) is 0 Å². The molecule has 0 radical (unpaired) electrons. The van der Waals surface area contributed by atoms with Gasteiger partial charge in [0.1, 0.15) is 5.75 Å². The third-order valence-electron chi connectivity index (χ3n) is 4.65. The molecule has 0 aromatic heterocycles. The molecule has 0 aliphatic carbocycles. The van der Waals surface area contributed by atoms with E-state index in [4.69, 9.17) is 9.47 Å². The van der Waals surface area contributed by atoms with Crippen LogP contribution in [0.4, 0.5) is 13.2 Å². The SMILES string of the molecule is CCOC(=O)[C@@](NC(=O)c1ccc(OC)cc1)([NH+]1CCCCC1)C(F)(F)F. The van der Waals surface area contributed by atoms with Gasteiger partial charge in [-0.05, 0) is 50.5 Å². The summed E-state index contributed by atoms with van der Waals surface area (Å²) in [6.45, 7) is 1.43. The number of benzene rings is 1. The molecule has 1 aliphatic heterocycles. The first-order valence-corrected chi connectivity index (χ1v) is 8.82. The second-order valence-corrected chi connectivity index (χ2v) is 6.32. The Kier molecular flexibility index (Phi) is 6.69. The second-order valence-electron chi connectivity index (χ2n) is 6.32. The van der Waals surface area contributed by atoms with E-state index in [9.17, 15) is 22.8 Å². The Morgan fingerprint density at radius 1 is 1.11 bits per heavy atom. The number of likely N-dealkylation sites (tertiary alicyclic amines) is 1. The average Bonchev–Trinajstić information content (AvgIpc) is 2.65. The van der Waals surface area contributed by atoms with Crippen LogP contribution in [0.1, 0.15) is 36.5 Å². The highest BCUT2D eigenvalue weighted by atomic mass is 19.4. The lowest BCUT2D eigenvalue weighted by atomic mass is 10.0. The molecule has 0 bridgehead atoms. The fraction of sp³-hybridized carbons (Fsp3) is 0.556. The first kappa shape index (κ1) is 21.0. The summed E-state index contributed by atoms with van der Waals surface area (Å²) in [6, 6.07) is 5.60. The zero-order chi connectivity index (χ0) is 20.1. The summed E-state index contributed by atoms with van der Waals surface area (Å²) in [5.74, 6) is -2.03. The highest BCUT2D eigenvalue weighted by Crippen LogP contribution is 2.29. The van der Waals surface area contributed by atoms with E-state index in [1.165, 1.54) is 38.3 Å². The van der Waals surface area contributed by atoms with Crippen LogP contribution in [0.2, 0.25) is 0 Å². The molecule has 27 heavy (non-hydrogen) atoms. The van der Waals surface area contributed by atoms with Gasteiger partial charge in [-0.2, -0.15) is 13.2 Å². The number of alkyl halides is 3. The fourth-order valence-electron chi connectivity index (χ4n) is 3.25. The summed E-state index contributed by atoms with van der Waals surface area (Å²) in [6.07, 6.45) is -3.17. The van der Waals surface area contributed by atoms with Crippen LogP contribution in [0, 0.1) is 0 Å². The van der Waals surface area contributed by atoms with E-state index >= 15 is 0 Å². The standard InChI is InChI=1S/C18H23F3N2O4/c1-3-27-16(25)17(18(19,20)21,23-11-5-4-6-12-23)22-15(24)13-7-9-14(26-2)10-8-13/h7-10H,3-6,11-12H2,1-2H3,(H,22,24)/p+1/t17-/m1/s1. The van der Waals surface area contributed by atoms with Crippen LogP contribution in [-0.4, -0.2) is 50.5 Å². The predicted octanol–water partition coefficient (Wildman–Crippen LogP) is 1.32. The minimum Gasteiger partial charge on any atom is -0.497 e. The van der Waals surface area contributed by atoms with Crippen LogP contribution in [0.15, 0.2) is 24.3 Å². The summed E-state index contributed by atoms with van der Waals surface area (Å²) in [5, 5.41) is 1.96. The average molecular weight is 389 g/mol. The number of hydrogen-bond acceptors (Lipinski definition) is 4. The summed E-state index contributed by atoms with van der Waals surface area (Å²) >= 11 is 0. The maximum atomic E-state index is 14.2. The van der Waals surface area contributed by atoms with Crippen LogP contribution >= 0.6 is 0 Å². The molecule has 2 rings (SSSR count). The Morgan fingerprint density at radius 3 is 2.19 bits per heavy atom. The molecule has 6 nitrogen and oxygen atoms in total. The first-order chi connectivity index (χ1) is 12.8.